The van der Waals surface area contributed by atoms with E-state index >= 15 is 0 Å². The number of halogens is 2. The summed E-state index contributed by atoms with van der Waals surface area (Å²) < 4.78 is 12.9. The molecule has 4 N–H and O–H groups in total. The van der Waals surface area contributed by atoms with E-state index in [1.807, 2.05) is 0 Å². The summed E-state index contributed by atoms with van der Waals surface area (Å²) in [5.41, 5.74) is 0. The van der Waals surface area contributed by atoms with Gasteiger partial charge in [0.15, 0.2) is 0 Å². The molecule has 0 saturated heterocycles. The Labute approximate surface area is 97.8 Å². The molecule has 0 heterocycles. The summed E-state index contributed by atoms with van der Waals surface area (Å²) in [4.78, 5) is 0. The summed E-state index contributed by atoms with van der Waals surface area (Å²) in [6.07, 6.45) is 0. The Hall–Kier alpha value is 2.49. The van der Waals surface area contributed by atoms with Gasteiger partial charge in [0.25, 0.3) is 0 Å². The zero-order valence-electron chi connectivity index (χ0n) is 2.15. The minimum atomic E-state index is 0. The Morgan fingerprint density at radius 1 is 0.857 bits per heavy atom. The monoisotopic (exact) mass is 190 g/mol. The van der Waals surface area contributed by atoms with Crippen molar-refractivity contribution < 1.29 is 14.8 Å². The van der Waals surface area contributed by atoms with E-state index in [4.69, 9.17) is 9.32 Å². The van der Waals surface area contributed by atoms with Gasteiger partial charge < -0.3 is 5.48 Å². The van der Waals surface area contributed by atoms with Crippen LogP contribution in [-0.4, -0.2) is 75.6 Å². The van der Waals surface area contributed by atoms with E-state index in [1.165, 1.54) is 0 Å². The van der Waals surface area contributed by atoms with Crippen LogP contribution in [0.15, 0.2) is 0 Å². The van der Waals surface area contributed by atoms with Crippen LogP contribution in [0.5, 0.6) is 0 Å². The van der Waals surface area contributed by atoms with Gasteiger partial charge in [-0.1, -0.05) is 0 Å². The maximum absolute atomic E-state index is 6.47. The molecule has 0 unspecified atom stereocenters. The van der Waals surface area contributed by atoms with E-state index in [9.17, 15) is 0 Å². The van der Waals surface area contributed by atoms with Crippen LogP contribution in [0.4, 0.5) is 0 Å². The van der Waals surface area contributed by atoms with Crippen molar-refractivity contribution in [2.24, 2.45) is 0 Å². The standard InChI is InChI=1S/Ca.2ClHO.Mg.H2O.4H/c;2*1-2;;;;;;/h;2*2H;;1H2;;;;. The third-order valence-electron chi connectivity index (χ3n) is 0. The molecule has 3 nitrogen and oxygen atoms in total. The molecule has 0 aliphatic heterocycles. The van der Waals surface area contributed by atoms with Crippen molar-refractivity contribution in [3.8, 4) is 0 Å². The molecule has 0 bridgehead atoms. The first-order chi connectivity index (χ1) is 2.00. The van der Waals surface area contributed by atoms with Crippen LogP contribution in [0.25, 0.3) is 0 Å². The molecular weight excluding hydrogens is 183 g/mol. The van der Waals surface area contributed by atoms with Crippen molar-refractivity contribution in [3.63, 3.8) is 0 Å². The Kier molecular flexibility index (Phi) is 373. The molecule has 0 aromatic heterocycles. The second-order valence-electron chi connectivity index (χ2n) is 0. The Morgan fingerprint density at radius 3 is 0.857 bits per heavy atom. The van der Waals surface area contributed by atoms with Crippen molar-refractivity contribution in [1.29, 1.82) is 0 Å². The first kappa shape index (κ1) is 33.9. The van der Waals surface area contributed by atoms with Gasteiger partial charge in [-0.05, 0) is 0 Å². The number of hydrogen-bond donors (Lipinski definition) is 2. The number of rotatable bonds is 0. The van der Waals surface area contributed by atoms with E-state index in [1.54, 1.807) is 0 Å². The van der Waals surface area contributed by atoms with Gasteiger partial charge >= 0.3 is 60.8 Å². The second-order valence-corrected chi connectivity index (χ2v) is 0. The fourth-order valence-corrected chi connectivity index (χ4v) is 0. The predicted molar refractivity (Wildman–Crippen MR) is 36.8 cm³/mol. The van der Waals surface area contributed by atoms with Gasteiger partial charge in [-0.25, -0.2) is 0 Å². The smallest absolute Gasteiger partial charge is 0.316 e. The van der Waals surface area contributed by atoms with Gasteiger partial charge in [-0.15, -0.1) is 0 Å². The van der Waals surface area contributed by atoms with Crippen LogP contribution in [0, 0.1) is 0 Å². The SMILES string of the molecule is O.OCl.OCl.[CaH2].[MgH2]. The van der Waals surface area contributed by atoms with E-state index in [0.29, 0.717) is 0 Å². The van der Waals surface area contributed by atoms with E-state index < -0.39 is 0 Å². The van der Waals surface area contributed by atoms with E-state index in [2.05, 4.69) is 23.7 Å². The molecule has 7 heteroatoms. The zero-order chi connectivity index (χ0) is 4.00. The molecule has 0 atom stereocenters. The fourth-order valence-electron chi connectivity index (χ4n) is 0. The first-order valence-corrected chi connectivity index (χ1v) is 1.01. The van der Waals surface area contributed by atoms with Crippen molar-refractivity contribution in [2.45, 2.75) is 0 Å². The van der Waals surface area contributed by atoms with Crippen molar-refractivity contribution in [2.75, 3.05) is 0 Å². The van der Waals surface area contributed by atoms with Gasteiger partial charge in [-0.3, -0.25) is 9.32 Å². The summed E-state index contributed by atoms with van der Waals surface area (Å²) in [5, 5.41) is 0. The van der Waals surface area contributed by atoms with Crippen LogP contribution in [0.3, 0.4) is 0 Å². The molecule has 0 aliphatic rings. The fraction of sp³-hybridized carbons (Fsp3) is 0. The molecule has 0 aromatic carbocycles. The van der Waals surface area contributed by atoms with Gasteiger partial charge in [0.2, 0.25) is 0 Å². The minimum absolute atomic E-state index is 0. The maximum atomic E-state index is 6.47. The molecule has 0 amide bonds. The number of hydrogen-bond acceptors (Lipinski definition) is 2. The Balaban J connectivity index is -0.00000000267. The Bertz CT molecular complexity index is 12.9. The largest absolute Gasteiger partial charge is 0.316 e. The quantitative estimate of drug-likeness (QED) is 0.419. The minimum Gasteiger partial charge on any atom is 0.316 e. The average molecular weight is 191 g/mol. The molecular formula is H8CaCl2MgO3. The molecule has 0 aliphatic carbocycles. The van der Waals surface area contributed by atoms with Crippen LogP contribution >= 0.6 is 23.7 Å². The third-order valence-corrected chi connectivity index (χ3v) is 0. The molecule has 0 aromatic rings. The van der Waals surface area contributed by atoms with E-state index in [0.717, 1.165) is 0 Å². The second kappa shape index (κ2) is 76.9. The first-order valence-electron chi connectivity index (χ1n) is 0.338. The topological polar surface area (TPSA) is 72.0 Å². The third kappa shape index (κ3) is 57.8. The molecule has 0 fully saturated rings. The summed E-state index contributed by atoms with van der Waals surface area (Å²) in [7, 11) is 0. The predicted octanol–water partition coefficient (Wildman–Crippen LogP) is -2.39. The van der Waals surface area contributed by atoms with Crippen LogP contribution in [0.2, 0.25) is 0 Å². The van der Waals surface area contributed by atoms with Crippen LogP contribution in [0.1, 0.15) is 0 Å². The van der Waals surface area contributed by atoms with Crippen LogP contribution in [-0.2, 0) is 0 Å². The molecule has 44 valence electrons. The zero-order valence-corrected chi connectivity index (χ0v) is 3.66. The van der Waals surface area contributed by atoms with Gasteiger partial charge in [-0.2, -0.15) is 0 Å². The Morgan fingerprint density at radius 2 is 0.857 bits per heavy atom. The van der Waals surface area contributed by atoms with Crippen LogP contribution < -0.4 is 0 Å². The maximum Gasteiger partial charge on any atom is 0.316 e. The van der Waals surface area contributed by atoms with E-state index in [-0.39, 0.29) is 66.3 Å². The summed E-state index contributed by atoms with van der Waals surface area (Å²) in [6, 6.07) is 0. The molecule has 0 radical (unpaired) electrons. The molecule has 7 heavy (non-hydrogen) atoms. The summed E-state index contributed by atoms with van der Waals surface area (Å²) >= 11 is 7.28. The van der Waals surface area contributed by atoms with Crippen molar-refractivity contribution in [1.82, 2.24) is 0 Å². The van der Waals surface area contributed by atoms with Gasteiger partial charge in [0.05, 0.1) is 23.7 Å². The normalized spacial score (nSPS) is 1.71. The average Bonchev–Trinajstić information content (AvgIpc) is 1.50. The summed E-state index contributed by atoms with van der Waals surface area (Å²) in [6.45, 7) is 0. The van der Waals surface area contributed by atoms with Crippen molar-refractivity contribution in [3.05, 3.63) is 0 Å². The molecule has 0 spiro atoms. The van der Waals surface area contributed by atoms with Gasteiger partial charge in [0.1, 0.15) is 0 Å². The molecule has 0 rings (SSSR count). The summed E-state index contributed by atoms with van der Waals surface area (Å²) in [5.74, 6) is 0. The molecule has 0 saturated carbocycles. The van der Waals surface area contributed by atoms with Gasteiger partial charge in [0, 0.05) is 0 Å². The van der Waals surface area contributed by atoms with Crippen molar-refractivity contribution >= 4 is 84.5 Å².